The number of benzene rings is 1. The fourth-order valence-electron chi connectivity index (χ4n) is 2.17. The van der Waals surface area contributed by atoms with Gasteiger partial charge in [-0.2, -0.15) is 0 Å². The first-order valence-corrected chi connectivity index (χ1v) is 5.39. The molecular weight excluding hydrogens is 190 g/mol. The molecule has 0 radical (unpaired) electrons. The highest BCUT2D eigenvalue weighted by molar-refractivity contribution is 5.47. The van der Waals surface area contributed by atoms with Crippen LogP contribution in [-0.4, -0.2) is 25.3 Å². The van der Waals surface area contributed by atoms with Crippen LogP contribution in [0.25, 0.3) is 0 Å². The minimum absolute atomic E-state index is 0.312. The van der Waals surface area contributed by atoms with Crippen molar-refractivity contribution in [2.75, 3.05) is 20.2 Å². The average Bonchev–Trinajstić information content (AvgIpc) is 2.30. The zero-order valence-electron chi connectivity index (χ0n) is 8.99. The summed E-state index contributed by atoms with van der Waals surface area (Å²) in [5, 5.41) is 13.3. The summed E-state index contributed by atoms with van der Waals surface area (Å²) in [5.74, 6) is 1.35. The first-order valence-electron chi connectivity index (χ1n) is 5.39. The Morgan fingerprint density at radius 1 is 1.33 bits per heavy atom. The fraction of sp³-hybridized carbons (Fsp3) is 0.500. The Kier molecular flexibility index (Phi) is 3.11. The number of rotatable bonds is 2. The maximum absolute atomic E-state index is 10.00. The van der Waals surface area contributed by atoms with Crippen molar-refractivity contribution in [1.29, 1.82) is 0 Å². The van der Waals surface area contributed by atoms with Crippen LogP contribution in [0.2, 0.25) is 0 Å². The van der Waals surface area contributed by atoms with E-state index in [9.17, 15) is 5.11 Å². The Labute approximate surface area is 90.1 Å². The van der Waals surface area contributed by atoms with Gasteiger partial charge in [-0.05, 0) is 37.9 Å². The lowest BCUT2D eigenvalue weighted by molar-refractivity contribution is 0.363. The summed E-state index contributed by atoms with van der Waals surface area (Å²) in [5.41, 5.74) is 1.02. The van der Waals surface area contributed by atoms with Crippen LogP contribution in [0.15, 0.2) is 18.2 Å². The second kappa shape index (κ2) is 4.53. The summed E-state index contributed by atoms with van der Waals surface area (Å²) in [6, 6.07) is 5.73. The average molecular weight is 207 g/mol. The molecule has 1 heterocycles. The van der Waals surface area contributed by atoms with Crippen LogP contribution in [0.4, 0.5) is 0 Å². The number of aromatic hydroxyl groups is 1. The molecule has 1 aromatic carbocycles. The minimum Gasteiger partial charge on any atom is -0.504 e. The summed E-state index contributed by atoms with van der Waals surface area (Å²) in [4.78, 5) is 0. The maximum atomic E-state index is 10.00. The molecule has 2 rings (SSSR count). The number of hydrogen-bond donors (Lipinski definition) is 2. The predicted molar refractivity (Wildman–Crippen MR) is 59.5 cm³/mol. The van der Waals surface area contributed by atoms with E-state index in [2.05, 4.69) is 5.32 Å². The van der Waals surface area contributed by atoms with E-state index in [0.29, 0.717) is 17.4 Å². The molecule has 0 bridgehead atoms. The molecule has 0 amide bonds. The Balaban J connectivity index is 2.26. The van der Waals surface area contributed by atoms with Crippen molar-refractivity contribution in [3.05, 3.63) is 23.8 Å². The first-order chi connectivity index (χ1) is 7.33. The van der Waals surface area contributed by atoms with Crippen LogP contribution in [0.1, 0.15) is 24.3 Å². The lowest BCUT2D eigenvalue weighted by atomic mass is 9.89. The molecule has 15 heavy (non-hydrogen) atoms. The fourth-order valence-corrected chi connectivity index (χ4v) is 2.17. The topological polar surface area (TPSA) is 41.5 Å². The summed E-state index contributed by atoms with van der Waals surface area (Å²) in [6.07, 6.45) is 2.17. The van der Waals surface area contributed by atoms with Crippen molar-refractivity contribution < 1.29 is 9.84 Å². The smallest absolute Gasteiger partial charge is 0.161 e. The van der Waals surface area contributed by atoms with E-state index in [0.717, 1.165) is 31.5 Å². The van der Waals surface area contributed by atoms with E-state index < -0.39 is 0 Å². The number of ether oxygens (including phenoxy) is 1. The number of para-hydroxylation sites is 1. The van der Waals surface area contributed by atoms with Gasteiger partial charge in [0, 0.05) is 5.56 Å². The molecule has 1 fully saturated rings. The van der Waals surface area contributed by atoms with E-state index >= 15 is 0 Å². The van der Waals surface area contributed by atoms with Crippen LogP contribution in [0.5, 0.6) is 11.5 Å². The molecule has 1 aliphatic heterocycles. The molecule has 0 aromatic heterocycles. The number of piperidine rings is 1. The third-order valence-electron chi connectivity index (χ3n) is 3.03. The lowest BCUT2D eigenvalue weighted by Crippen LogP contribution is -2.26. The summed E-state index contributed by atoms with van der Waals surface area (Å²) in [7, 11) is 1.58. The SMILES string of the molecule is COc1cccc(C2CCNCC2)c1O. The standard InChI is InChI=1S/C12H17NO2/c1-15-11-4-2-3-10(12(11)14)9-5-7-13-8-6-9/h2-4,9,13-14H,5-8H2,1H3. The molecule has 2 N–H and O–H groups in total. The molecule has 82 valence electrons. The summed E-state index contributed by atoms with van der Waals surface area (Å²) in [6.45, 7) is 2.06. The van der Waals surface area contributed by atoms with E-state index in [4.69, 9.17) is 4.74 Å². The zero-order valence-corrected chi connectivity index (χ0v) is 8.99. The largest absolute Gasteiger partial charge is 0.504 e. The molecule has 1 aliphatic rings. The quantitative estimate of drug-likeness (QED) is 0.778. The van der Waals surface area contributed by atoms with Gasteiger partial charge in [0.15, 0.2) is 11.5 Å². The Morgan fingerprint density at radius 3 is 2.73 bits per heavy atom. The number of hydrogen-bond acceptors (Lipinski definition) is 3. The first kappa shape index (κ1) is 10.3. The number of methoxy groups -OCH3 is 1. The molecule has 1 saturated heterocycles. The van der Waals surface area contributed by atoms with E-state index in [1.807, 2.05) is 12.1 Å². The Bertz CT molecular complexity index is 332. The maximum Gasteiger partial charge on any atom is 0.161 e. The van der Waals surface area contributed by atoms with Gasteiger partial charge < -0.3 is 15.2 Å². The molecule has 3 heteroatoms. The second-order valence-corrected chi connectivity index (χ2v) is 3.92. The zero-order chi connectivity index (χ0) is 10.7. The molecule has 0 spiro atoms. The van der Waals surface area contributed by atoms with Crippen molar-refractivity contribution in [2.45, 2.75) is 18.8 Å². The molecule has 0 saturated carbocycles. The highest BCUT2D eigenvalue weighted by Gasteiger charge is 2.19. The van der Waals surface area contributed by atoms with Crippen molar-refractivity contribution in [2.24, 2.45) is 0 Å². The molecule has 0 unspecified atom stereocenters. The van der Waals surface area contributed by atoms with Crippen LogP contribution in [0.3, 0.4) is 0 Å². The monoisotopic (exact) mass is 207 g/mol. The summed E-state index contributed by atoms with van der Waals surface area (Å²) >= 11 is 0. The number of phenolic OH excluding ortho intramolecular Hbond substituents is 1. The minimum atomic E-state index is 0.312. The van der Waals surface area contributed by atoms with Crippen LogP contribution in [-0.2, 0) is 0 Å². The van der Waals surface area contributed by atoms with Gasteiger partial charge in [0.1, 0.15) is 0 Å². The molecule has 0 atom stereocenters. The normalized spacial score (nSPS) is 17.7. The van der Waals surface area contributed by atoms with Gasteiger partial charge in [-0.15, -0.1) is 0 Å². The van der Waals surface area contributed by atoms with E-state index in [1.54, 1.807) is 13.2 Å². The number of nitrogens with one attached hydrogen (secondary N) is 1. The van der Waals surface area contributed by atoms with E-state index in [-0.39, 0.29) is 0 Å². The molecule has 1 aromatic rings. The highest BCUT2D eigenvalue weighted by Crippen LogP contribution is 2.37. The number of phenols is 1. The van der Waals surface area contributed by atoms with Gasteiger partial charge in [0.05, 0.1) is 7.11 Å². The van der Waals surface area contributed by atoms with Crippen LogP contribution >= 0.6 is 0 Å². The van der Waals surface area contributed by atoms with Gasteiger partial charge in [-0.3, -0.25) is 0 Å². The molecule has 0 aliphatic carbocycles. The highest BCUT2D eigenvalue weighted by atomic mass is 16.5. The van der Waals surface area contributed by atoms with Crippen LogP contribution in [0, 0.1) is 0 Å². The summed E-state index contributed by atoms with van der Waals surface area (Å²) < 4.78 is 5.11. The Hall–Kier alpha value is -1.22. The van der Waals surface area contributed by atoms with Crippen molar-refractivity contribution in [3.63, 3.8) is 0 Å². The van der Waals surface area contributed by atoms with Gasteiger partial charge in [0.2, 0.25) is 0 Å². The van der Waals surface area contributed by atoms with Crippen molar-refractivity contribution >= 4 is 0 Å². The van der Waals surface area contributed by atoms with Gasteiger partial charge >= 0.3 is 0 Å². The van der Waals surface area contributed by atoms with Gasteiger partial charge in [0.25, 0.3) is 0 Å². The third kappa shape index (κ3) is 2.07. The lowest BCUT2D eigenvalue weighted by Gasteiger charge is -2.24. The van der Waals surface area contributed by atoms with Crippen LogP contribution < -0.4 is 10.1 Å². The Morgan fingerprint density at radius 2 is 2.07 bits per heavy atom. The second-order valence-electron chi connectivity index (χ2n) is 3.92. The van der Waals surface area contributed by atoms with Gasteiger partial charge in [-0.25, -0.2) is 0 Å². The van der Waals surface area contributed by atoms with Crippen molar-refractivity contribution in [1.82, 2.24) is 5.32 Å². The molecular formula is C12H17NO2. The van der Waals surface area contributed by atoms with Gasteiger partial charge in [-0.1, -0.05) is 12.1 Å². The third-order valence-corrected chi connectivity index (χ3v) is 3.03. The van der Waals surface area contributed by atoms with E-state index in [1.165, 1.54) is 0 Å². The predicted octanol–water partition coefficient (Wildman–Crippen LogP) is 1.87. The molecule has 3 nitrogen and oxygen atoms in total. The van der Waals surface area contributed by atoms with Crippen molar-refractivity contribution in [3.8, 4) is 11.5 Å².